The summed E-state index contributed by atoms with van der Waals surface area (Å²) in [6, 6.07) is -0.849. The third-order valence-corrected chi connectivity index (χ3v) is 4.32. The number of hydrogen-bond acceptors (Lipinski definition) is 3. The molecule has 1 saturated carbocycles. The van der Waals surface area contributed by atoms with Crippen LogP contribution < -0.4 is 5.32 Å². The van der Waals surface area contributed by atoms with Crippen LogP contribution in [0.5, 0.6) is 0 Å². The molecule has 0 saturated heterocycles. The largest absolute Gasteiger partial charge is 0.480 e. The molecule has 2 unspecified atom stereocenters. The first-order valence-corrected chi connectivity index (χ1v) is 8.55. The van der Waals surface area contributed by atoms with E-state index in [1.54, 1.807) is 0 Å². The molecular formula is C18H29NO4. The second-order valence-electron chi connectivity index (χ2n) is 6.78. The van der Waals surface area contributed by atoms with Gasteiger partial charge in [-0.2, -0.15) is 0 Å². The molecule has 1 aliphatic rings. The first-order chi connectivity index (χ1) is 10.8. The molecule has 1 amide bonds. The third-order valence-electron chi connectivity index (χ3n) is 4.32. The number of ketones is 1. The van der Waals surface area contributed by atoms with E-state index in [0.717, 1.165) is 12.8 Å². The predicted octanol–water partition coefficient (Wildman–Crippen LogP) is 2.94. The fraction of sp³-hybridized carbons (Fsp3) is 0.722. The van der Waals surface area contributed by atoms with Crippen molar-refractivity contribution < 1.29 is 19.5 Å². The van der Waals surface area contributed by atoms with Gasteiger partial charge < -0.3 is 10.4 Å². The molecule has 0 spiro atoms. The molecule has 0 aromatic heterocycles. The van der Waals surface area contributed by atoms with Crippen molar-refractivity contribution in [3.8, 4) is 0 Å². The number of allylic oxidation sites excluding steroid dienone is 2. The normalized spacial score (nSPS) is 22.7. The van der Waals surface area contributed by atoms with Crippen LogP contribution >= 0.6 is 0 Å². The molecule has 0 heterocycles. The van der Waals surface area contributed by atoms with Crippen molar-refractivity contribution >= 4 is 17.7 Å². The SMILES string of the molecule is CC/C=C\CC1C(=O)CCC1CC(=O)N[C@@H](CC(C)C)C(=O)O. The van der Waals surface area contributed by atoms with Crippen LogP contribution in [-0.4, -0.2) is 28.8 Å². The number of nitrogens with one attached hydrogen (secondary N) is 1. The topological polar surface area (TPSA) is 83.5 Å². The van der Waals surface area contributed by atoms with Crippen LogP contribution in [0.2, 0.25) is 0 Å². The third kappa shape index (κ3) is 6.55. The van der Waals surface area contributed by atoms with Crippen LogP contribution in [0.25, 0.3) is 0 Å². The van der Waals surface area contributed by atoms with E-state index < -0.39 is 12.0 Å². The Balaban J connectivity index is 2.58. The maximum Gasteiger partial charge on any atom is 0.326 e. The molecule has 1 aliphatic carbocycles. The number of carboxylic acid groups (broad SMARTS) is 1. The molecule has 2 N–H and O–H groups in total. The number of aliphatic carboxylic acids is 1. The molecular weight excluding hydrogens is 294 g/mol. The smallest absolute Gasteiger partial charge is 0.326 e. The predicted molar refractivity (Wildman–Crippen MR) is 88.9 cm³/mol. The molecule has 1 rings (SSSR count). The van der Waals surface area contributed by atoms with E-state index in [-0.39, 0.29) is 35.9 Å². The highest BCUT2D eigenvalue weighted by Gasteiger charge is 2.35. The van der Waals surface area contributed by atoms with Crippen molar-refractivity contribution in [2.24, 2.45) is 17.8 Å². The van der Waals surface area contributed by atoms with Gasteiger partial charge in [-0.05, 0) is 37.5 Å². The van der Waals surface area contributed by atoms with Crippen LogP contribution in [0.4, 0.5) is 0 Å². The van der Waals surface area contributed by atoms with Crippen molar-refractivity contribution in [1.29, 1.82) is 0 Å². The molecule has 0 aliphatic heterocycles. The standard InChI is InChI=1S/C18H29NO4/c1-4-5-6-7-14-13(8-9-16(14)20)11-17(21)19-15(18(22)23)10-12(2)3/h5-6,12-15H,4,7-11H2,1-3H3,(H,19,21)(H,22,23)/b6-5-/t13?,14?,15-/m0/s1. The highest BCUT2D eigenvalue weighted by atomic mass is 16.4. The number of rotatable bonds is 9. The van der Waals surface area contributed by atoms with E-state index in [0.29, 0.717) is 19.3 Å². The van der Waals surface area contributed by atoms with Crippen LogP contribution in [0.15, 0.2) is 12.2 Å². The van der Waals surface area contributed by atoms with Gasteiger partial charge in [0.25, 0.3) is 0 Å². The Morgan fingerprint density at radius 1 is 1.35 bits per heavy atom. The van der Waals surface area contributed by atoms with Crippen molar-refractivity contribution in [2.75, 3.05) is 0 Å². The van der Waals surface area contributed by atoms with Gasteiger partial charge in [0.2, 0.25) is 5.91 Å². The Morgan fingerprint density at radius 3 is 2.61 bits per heavy atom. The van der Waals surface area contributed by atoms with Crippen LogP contribution in [0.1, 0.15) is 59.3 Å². The lowest BCUT2D eigenvalue weighted by Gasteiger charge is -2.20. The molecule has 1 fully saturated rings. The van der Waals surface area contributed by atoms with E-state index in [1.807, 2.05) is 32.9 Å². The molecule has 3 atom stereocenters. The zero-order valence-electron chi connectivity index (χ0n) is 14.4. The summed E-state index contributed by atoms with van der Waals surface area (Å²) in [5, 5.41) is 11.8. The van der Waals surface area contributed by atoms with Crippen LogP contribution in [0.3, 0.4) is 0 Å². The first-order valence-electron chi connectivity index (χ1n) is 8.55. The van der Waals surface area contributed by atoms with Gasteiger partial charge in [-0.15, -0.1) is 0 Å². The summed E-state index contributed by atoms with van der Waals surface area (Å²) >= 11 is 0. The number of carboxylic acids is 1. The lowest BCUT2D eigenvalue weighted by atomic mass is 9.89. The summed E-state index contributed by atoms with van der Waals surface area (Å²) in [5.74, 6) is -0.925. The fourth-order valence-electron chi connectivity index (χ4n) is 3.14. The first kappa shape index (κ1) is 19.4. The van der Waals surface area contributed by atoms with Crippen LogP contribution in [-0.2, 0) is 14.4 Å². The van der Waals surface area contributed by atoms with E-state index >= 15 is 0 Å². The van der Waals surface area contributed by atoms with Gasteiger partial charge in [0.15, 0.2) is 0 Å². The molecule has 5 nitrogen and oxygen atoms in total. The molecule has 0 aromatic carbocycles. The van der Waals surface area contributed by atoms with Gasteiger partial charge >= 0.3 is 5.97 Å². The van der Waals surface area contributed by atoms with Gasteiger partial charge in [0.05, 0.1) is 0 Å². The zero-order chi connectivity index (χ0) is 17.4. The van der Waals surface area contributed by atoms with E-state index in [2.05, 4.69) is 5.32 Å². The van der Waals surface area contributed by atoms with Gasteiger partial charge in [-0.3, -0.25) is 9.59 Å². The van der Waals surface area contributed by atoms with E-state index in [4.69, 9.17) is 0 Å². The van der Waals surface area contributed by atoms with Crippen molar-refractivity contribution in [1.82, 2.24) is 5.32 Å². The molecule has 23 heavy (non-hydrogen) atoms. The van der Waals surface area contributed by atoms with Gasteiger partial charge in [-0.25, -0.2) is 4.79 Å². The summed E-state index contributed by atoms with van der Waals surface area (Å²) in [4.78, 5) is 35.4. The molecule has 0 radical (unpaired) electrons. The fourth-order valence-corrected chi connectivity index (χ4v) is 3.14. The van der Waals surface area contributed by atoms with Crippen molar-refractivity contribution in [3.05, 3.63) is 12.2 Å². The van der Waals surface area contributed by atoms with E-state index in [9.17, 15) is 19.5 Å². The Morgan fingerprint density at radius 2 is 2.04 bits per heavy atom. The highest BCUT2D eigenvalue weighted by Crippen LogP contribution is 2.34. The van der Waals surface area contributed by atoms with Gasteiger partial charge in [0.1, 0.15) is 11.8 Å². The second kappa shape index (κ2) is 9.48. The average Bonchev–Trinajstić information content (AvgIpc) is 2.79. The maximum atomic E-state index is 12.2. The number of carbonyl (C=O) groups is 3. The number of carbonyl (C=O) groups excluding carboxylic acids is 2. The Kier molecular flexibility index (Phi) is 8.00. The Bertz CT molecular complexity index is 456. The monoisotopic (exact) mass is 323 g/mol. The summed E-state index contributed by atoms with van der Waals surface area (Å²) in [5.41, 5.74) is 0. The minimum absolute atomic E-state index is 0.0255. The summed E-state index contributed by atoms with van der Waals surface area (Å²) in [6.45, 7) is 5.89. The molecule has 5 heteroatoms. The molecule has 130 valence electrons. The number of hydrogen-bond donors (Lipinski definition) is 2. The number of amides is 1. The van der Waals surface area contributed by atoms with Gasteiger partial charge in [-0.1, -0.05) is 32.9 Å². The summed E-state index contributed by atoms with van der Waals surface area (Å²) < 4.78 is 0. The molecule has 0 bridgehead atoms. The lowest BCUT2D eigenvalue weighted by molar-refractivity contribution is -0.142. The Hall–Kier alpha value is -1.65. The number of Topliss-reactive ketones (excluding diaryl/α,β-unsaturated/α-hetero) is 1. The summed E-state index contributed by atoms with van der Waals surface area (Å²) in [7, 11) is 0. The molecule has 0 aromatic rings. The van der Waals surface area contributed by atoms with Crippen LogP contribution in [0, 0.1) is 17.8 Å². The van der Waals surface area contributed by atoms with Crippen molar-refractivity contribution in [3.63, 3.8) is 0 Å². The lowest BCUT2D eigenvalue weighted by Crippen LogP contribution is -2.42. The van der Waals surface area contributed by atoms with E-state index in [1.165, 1.54) is 0 Å². The quantitative estimate of drug-likeness (QED) is 0.639. The summed E-state index contributed by atoms with van der Waals surface area (Å²) in [6.07, 6.45) is 7.55. The minimum atomic E-state index is -1.00. The average molecular weight is 323 g/mol. The highest BCUT2D eigenvalue weighted by molar-refractivity contribution is 5.87. The second-order valence-corrected chi connectivity index (χ2v) is 6.78. The minimum Gasteiger partial charge on any atom is -0.480 e. The maximum absolute atomic E-state index is 12.2. The van der Waals surface area contributed by atoms with Crippen molar-refractivity contribution in [2.45, 2.75) is 65.3 Å². The Labute approximate surface area is 138 Å². The van der Waals surface area contributed by atoms with Gasteiger partial charge in [0, 0.05) is 18.8 Å². The zero-order valence-corrected chi connectivity index (χ0v) is 14.4.